The summed E-state index contributed by atoms with van der Waals surface area (Å²) in [7, 11) is 0. The van der Waals surface area contributed by atoms with Crippen molar-refractivity contribution in [2.24, 2.45) is 0 Å². The van der Waals surface area contributed by atoms with E-state index in [1.54, 1.807) is 0 Å². The van der Waals surface area contributed by atoms with Crippen LogP contribution in [0.15, 0.2) is 36.5 Å². The van der Waals surface area contributed by atoms with Gasteiger partial charge >= 0.3 is 5.97 Å². The second-order valence-corrected chi connectivity index (χ2v) is 14.1. The van der Waals surface area contributed by atoms with E-state index in [1.165, 1.54) is 77.0 Å². The van der Waals surface area contributed by atoms with E-state index in [4.69, 9.17) is 18.9 Å². The van der Waals surface area contributed by atoms with Crippen molar-refractivity contribution in [3.05, 3.63) is 36.5 Å². The molecule has 0 aliphatic carbocycles. The van der Waals surface area contributed by atoms with E-state index in [9.17, 15) is 25.2 Å². The summed E-state index contributed by atoms with van der Waals surface area (Å²) in [4.78, 5) is 12.7. The number of carbonyl (C=O) groups is 1. The number of rotatable bonds is 34. The Hall–Kier alpha value is -1.59. The highest BCUT2D eigenvalue weighted by Gasteiger charge is 2.44. The van der Waals surface area contributed by atoms with Crippen LogP contribution in [0.25, 0.3) is 0 Å². The van der Waals surface area contributed by atoms with Crippen LogP contribution in [-0.2, 0) is 23.7 Å². The fourth-order valence-electron chi connectivity index (χ4n) is 5.97. The highest BCUT2D eigenvalue weighted by molar-refractivity contribution is 5.69. The smallest absolute Gasteiger partial charge is 0.306 e. The molecule has 4 N–H and O–H groups in total. The Morgan fingerprint density at radius 2 is 1.16 bits per heavy atom. The summed E-state index contributed by atoms with van der Waals surface area (Å²) in [6.07, 6.45) is 31.6. The first-order valence-corrected chi connectivity index (χ1v) is 20.6. The topological polar surface area (TPSA) is 135 Å². The van der Waals surface area contributed by atoms with Crippen molar-refractivity contribution < 1.29 is 44.2 Å². The number of allylic oxidation sites excluding steroid dienone is 6. The molecule has 0 radical (unpaired) electrons. The first kappa shape index (κ1) is 47.4. The third-order valence-electron chi connectivity index (χ3n) is 9.28. The minimum Gasteiger partial charge on any atom is -0.457 e. The first-order chi connectivity index (χ1) is 24.9. The van der Waals surface area contributed by atoms with Crippen molar-refractivity contribution in [2.45, 2.75) is 198 Å². The summed E-state index contributed by atoms with van der Waals surface area (Å²) in [5, 5.41) is 40.0. The number of aliphatic hydroxyl groups is 4. The van der Waals surface area contributed by atoms with Gasteiger partial charge in [0, 0.05) is 13.0 Å². The van der Waals surface area contributed by atoms with Crippen molar-refractivity contribution in [2.75, 3.05) is 26.4 Å². The Morgan fingerprint density at radius 3 is 1.76 bits per heavy atom. The van der Waals surface area contributed by atoms with Gasteiger partial charge in [-0.15, -0.1) is 0 Å². The van der Waals surface area contributed by atoms with Gasteiger partial charge in [-0.2, -0.15) is 0 Å². The Balaban J connectivity index is 2.32. The van der Waals surface area contributed by atoms with E-state index in [0.29, 0.717) is 13.0 Å². The van der Waals surface area contributed by atoms with Crippen LogP contribution in [0, 0.1) is 0 Å². The molecule has 0 spiro atoms. The van der Waals surface area contributed by atoms with E-state index in [1.807, 2.05) is 0 Å². The lowest BCUT2D eigenvalue weighted by Crippen LogP contribution is -2.59. The van der Waals surface area contributed by atoms with Crippen LogP contribution in [0.4, 0.5) is 0 Å². The zero-order chi connectivity index (χ0) is 37.2. The molecular formula is C42H76O9. The summed E-state index contributed by atoms with van der Waals surface area (Å²) in [5.41, 5.74) is 0. The molecule has 298 valence electrons. The number of hydrogen-bond acceptors (Lipinski definition) is 9. The van der Waals surface area contributed by atoms with Crippen LogP contribution < -0.4 is 0 Å². The molecule has 0 aromatic rings. The predicted molar refractivity (Wildman–Crippen MR) is 205 cm³/mol. The normalized spacial score (nSPS) is 21.7. The van der Waals surface area contributed by atoms with Gasteiger partial charge in [-0.3, -0.25) is 4.79 Å². The summed E-state index contributed by atoms with van der Waals surface area (Å²) in [5.74, 6) is -0.328. The van der Waals surface area contributed by atoms with E-state index < -0.39 is 43.4 Å². The second kappa shape index (κ2) is 34.2. The van der Waals surface area contributed by atoms with Crippen LogP contribution >= 0.6 is 0 Å². The van der Waals surface area contributed by atoms with Gasteiger partial charge in [0.05, 0.1) is 19.8 Å². The molecule has 1 rings (SSSR count). The van der Waals surface area contributed by atoms with E-state index in [-0.39, 0.29) is 19.2 Å². The van der Waals surface area contributed by atoms with E-state index >= 15 is 0 Å². The molecule has 6 atom stereocenters. The van der Waals surface area contributed by atoms with Crippen LogP contribution in [0.3, 0.4) is 0 Å². The largest absolute Gasteiger partial charge is 0.457 e. The van der Waals surface area contributed by atoms with Gasteiger partial charge in [0.25, 0.3) is 0 Å². The Bertz CT molecular complexity index is 874. The monoisotopic (exact) mass is 725 g/mol. The van der Waals surface area contributed by atoms with Gasteiger partial charge < -0.3 is 39.4 Å². The first-order valence-electron chi connectivity index (χ1n) is 20.6. The fourth-order valence-corrected chi connectivity index (χ4v) is 5.97. The standard InChI is InChI=1S/C42H76O9/c1-3-5-7-9-11-13-15-17-18-20-22-24-26-28-30-32-48-34-36(35-49-42-41(47)40(46)39(45)37(33-43)51-42)50-38(44)31-29-27-25-23-21-19-16-14-12-10-8-6-4-2/h9,11,14-17,36-37,39-43,45-47H,3-8,10,12-13,18-35H2,1-2H3/b11-9-,16-14-,17-15-. The SMILES string of the molecule is CCCC/C=C\C/C=C\CCCCCCCCOCC(COC1OC(CO)C(O)C(O)C1O)OC(=O)CCCCCCC/C=C\CCCCCC. The van der Waals surface area contributed by atoms with Gasteiger partial charge in [0.15, 0.2) is 6.29 Å². The van der Waals surface area contributed by atoms with Gasteiger partial charge in [-0.1, -0.05) is 127 Å². The van der Waals surface area contributed by atoms with Gasteiger partial charge in [0.2, 0.25) is 0 Å². The van der Waals surface area contributed by atoms with Crippen LogP contribution in [0.2, 0.25) is 0 Å². The molecule has 0 aromatic heterocycles. The molecule has 0 aromatic carbocycles. The van der Waals surface area contributed by atoms with Gasteiger partial charge in [0.1, 0.15) is 30.5 Å². The Labute approximate surface area is 310 Å². The summed E-state index contributed by atoms with van der Waals surface area (Å²) >= 11 is 0. The molecule has 1 aliphatic rings. The lowest BCUT2D eigenvalue weighted by atomic mass is 9.99. The molecule has 51 heavy (non-hydrogen) atoms. The van der Waals surface area contributed by atoms with E-state index in [0.717, 1.165) is 64.2 Å². The molecule has 0 bridgehead atoms. The third kappa shape index (κ3) is 25.9. The minimum atomic E-state index is -1.54. The van der Waals surface area contributed by atoms with Crippen molar-refractivity contribution in [1.29, 1.82) is 0 Å². The lowest BCUT2D eigenvalue weighted by molar-refractivity contribution is -0.305. The molecule has 1 heterocycles. The third-order valence-corrected chi connectivity index (χ3v) is 9.28. The summed E-state index contributed by atoms with van der Waals surface area (Å²) < 4.78 is 22.7. The zero-order valence-electron chi connectivity index (χ0n) is 32.4. The molecular weight excluding hydrogens is 648 g/mol. The van der Waals surface area contributed by atoms with E-state index in [2.05, 4.69) is 50.3 Å². The maximum absolute atomic E-state index is 12.7. The molecule has 1 aliphatic heterocycles. The molecule has 1 saturated heterocycles. The number of ether oxygens (including phenoxy) is 4. The highest BCUT2D eigenvalue weighted by Crippen LogP contribution is 2.22. The second-order valence-electron chi connectivity index (χ2n) is 14.1. The molecule has 0 saturated carbocycles. The molecule has 1 fully saturated rings. The van der Waals surface area contributed by atoms with Gasteiger partial charge in [-0.25, -0.2) is 0 Å². The van der Waals surface area contributed by atoms with Crippen molar-refractivity contribution in [3.63, 3.8) is 0 Å². The number of unbranched alkanes of at least 4 members (excludes halogenated alkanes) is 17. The van der Waals surface area contributed by atoms with Crippen LogP contribution in [-0.4, -0.2) is 89.6 Å². The average Bonchev–Trinajstić information content (AvgIpc) is 3.13. The Morgan fingerprint density at radius 1 is 0.627 bits per heavy atom. The zero-order valence-corrected chi connectivity index (χ0v) is 32.4. The number of aliphatic hydroxyl groups excluding tert-OH is 4. The fraction of sp³-hybridized carbons (Fsp3) is 0.833. The highest BCUT2D eigenvalue weighted by atomic mass is 16.7. The lowest BCUT2D eigenvalue weighted by Gasteiger charge is -2.39. The molecule has 9 nitrogen and oxygen atoms in total. The maximum Gasteiger partial charge on any atom is 0.306 e. The van der Waals surface area contributed by atoms with Crippen LogP contribution in [0.5, 0.6) is 0 Å². The predicted octanol–water partition coefficient (Wildman–Crippen LogP) is 8.41. The summed E-state index contributed by atoms with van der Waals surface area (Å²) in [6, 6.07) is 0. The van der Waals surface area contributed by atoms with Gasteiger partial charge in [-0.05, 0) is 64.2 Å². The number of hydrogen-bond donors (Lipinski definition) is 4. The number of esters is 1. The van der Waals surface area contributed by atoms with Crippen LogP contribution in [0.1, 0.15) is 162 Å². The minimum absolute atomic E-state index is 0.121. The van der Waals surface area contributed by atoms with Crippen molar-refractivity contribution in [1.82, 2.24) is 0 Å². The maximum atomic E-state index is 12.7. The average molecular weight is 725 g/mol. The van der Waals surface area contributed by atoms with Crippen molar-refractivity contribution >= 4 is 5.97 Å². The Kier molecular flexibility index (Phi) is 31.8. The quantitative estimate of drug-likeness (QED) is 0.0293. The molecule has 6 unspecified atom stereocenters. The number of carbonyl (C=O) groups excluding carboxylic acids is 1. The summed E-state index contributed by atoms with van der Waals surface area (Å²) in [6.45, 7) is 4.46. The molecule has 9 heteroatoms. The molecule has 0 amide bonds. The van der Waals surface area contributed by atoms with Crippen molar-refractivity contribution in [3.8, 4) is 0 Å².